The Labute approximate surface area is 220 Å². The van der Waals surface area contributed by atoms with Gasteiger partial charge < -0.3 is 0 Å². The Balaban J connectivity index is 0.00000205. The topological polar surface area (TPSA) is 68.3 Å². The van der Waals surface area contributed by atoms with Gasteiger partial charge in [0.2, 0.25) is 0 Å². The number of ketones is 4. The Bertz CT molecular complexity index is 896. The molecule has 1 aliphatic carbocycles. The summed E-state index contributed by atoms with van der Waals surface area (Å²) < 4.78 is 0. The number of carbonyl (C=O) groups excluding carboxylic acids is 4. The summed E-state index contributed by atoms with van der Waals surface area (Å²) in [6.45, 7) is 15.9. The minimum atomic E-state index is -0.110. The lowest BCUT2D eigenvalue weighted by atomic mass is 9.72. The van der Waals surface area contributed by atoms with Crippen LogP contribution in [-0.4, -0.2) is 23.1 Å². The van der Waals surface area contributed by atoms with E-state index in [-0.39, 0.29) is 47.3 Å². The summed E-state index contributed by atoms with van der Waals surface area (Å²) >= 11 is 0. The second kappa shape index (κ2) is 15.9. The molecule has 0 saturated carbocycles. The fourth-order valence-electron chi connectivity index (χ4n) is 5.70. The van der Waals surface area contributed by atoms with Gasteiger partial charge in [0.15, 0.2) is 5.78 Å². The smallest absolute Gasteiger partial charge is 0.163 e. The summed E-state index contributed by atoms with van der Waals surface area (Å²) in [4.78, 5) is 49.8. The van der Waals surface area contributed by atoms with Gasteiger partial charge >= 0.3 is 0 Å². The van der Waals surface area contributed by atoms with E-state index in [0.29, 0.717) is 25.2 Å². The van der Waals surface area contributed by atoms with Crippen molar-refractivity contribution in [2.45, 2.75) is 120 Å². The first-order valence-electron chi connectivity index (χ1n) is 14.2. The molecule has 2 rings (SSSR count). The fourth-order valence-corrected chi connectivity index (χ4v) is 5.70. The second-order valence-corrected chi connectivity index (χ2v) is 11.2. The SMILES string of the molecule is CCC.CCCC(CC1CC(=O)c2c(ccc(CC(=O)CC(C)C)c2C)C1)C(CC)C(=O)CC(C)=O. The third kappa shape index (κ3) is 9.75. The molecule has 0 radical (unpaired) electrons. The number of hydrogen-bond donors (Lipinski definition) is 0. The molecule has 0 N–H and O–H groups in total. The lowest BCUT2D eigenvalue weighted by molar-refractivity contribution is -0.130. The second-order valence-electron chi connectivity index (χ2n) is 11.2. The summed E-state index contributed by atoms with van der Waals surface area (Å²) in [5.74, 6) is 1.01. The Hall–Kier alpha value is -2.10. The van der Waals surface area contributed by atoms with Gasteiger partial charge in [-0.1, -0.05) is 72.9 Å². The molecule has 4 heteroatoms. The van der Waals surface area contributed by atoms with Gasteiger partial charge in [-0.15, -0.1) is 0 Å². The van der Waals surface area contributed by atoms with Gasteiger partial charge in [-0.2, -0.15) is 0 Å². The number of benzene rings is 1. The van der Waals surface area contributed by atoms with E-state index in [1.54, 1.807) is 0 Å². The largest absolute Gasteiger partial charge is 0.300 e. The monoisotopic (exact) mass is 498 g/mol. The summed E-state index contributed by atoms with van der Waals surface area (Å²) in [5.41, 5.74) is 3.82. The number of hydrogen-bond acceptors (Lipinski definition) is 4. The predicted octanol–water partition coefficient (Wildman–Crippen LogP) is 7.69. The molecule has 1 aromatic rings. The van der Waals surface area contributed by atoms with Crippen LogP contribution in [0.25, 0.3) is 0 Å². The van der Waals surface area contributed by atoms with E-state index in [0.717, 1.165) is 54.4 Å². The van der Waals surface area contributed by atoms with Crippen LogP contribution in [0.15, 0.2) is 12.1 Å². The number of rotatable bonds is 13. The summed E-state index contributed by atoms with van der Waals surface area (Å²) in [6.07, 6.45) is 7.05. The van der Waals surface area contributed by atoms with E-state index in [2.05, 4.69) is 20.8 Å². The minimum absolute atomic E-state index is 0.0165. The third-order valence-corrected chi connectivity index (χ3v) is 7.09. The maximum atomic E-state index is 13.2. The first-order valence-corrected chi connectivity index (χ1v) is 14.2. The molecular formula is C32H50O4. The molecular weight excluding hydrogens is 448 g/mol. The van der Waals surface area contributed by atoms with Gasteiger partial charge in [0, 0.05) is 30.7 Å². The third-order valence-electron chi connectivity index (χ3n) is 7.09. The van der Waals surface area contributed by atoms with Crippen LogP contribution in [0.2, 0.25) is 0 Å². The Morgan fingerprint density at radius 3 is 2.19 bits per heavy atom. The molecule has 1 aliphatic rings. The van der Waals surface area contributed by atoms with Gasteiger partial charge in [-0.25, -0.2) is 0 Å². The first-order chi connectivity index (χ1) is 17.0. The quantitative estimate of drug-likeness (QED) is 0.261. The van der Waals surface area contributed by atoms with Crippen LogP contribution in [0.3, 0.4) is 0 Å². The van der Waals surface area contributed by atoms with Gasteiger partial charge in [-0.05, 0) is 67.6 Å². The van der Waals surface area contributed by atoms with Gasteiger partial charge in [-0.3, -0.25) is 19.2 Å². The molecule has 0 fully saturated rings. The van der Waals surface area contributed by atoms with Crippen molar-refractivity contribution < 1.29 is 19.2 Å². The zero-order valence-electron chi connectivity index (χ0n) is 24.2. The predicted molar refractivity (Wildman–Crippen MR) is 149 cm³/mol. The van der Waals surface area contributed by atoms with E-state index in [1.165, 1.54) is 13.3 Å². The van der Waals surface area contributed by atoms with E-state index < -0.39 is 0 Å². The molecule has 4 nitrogen and oxygen atoms in total. The highest BCUT2D eigenvalue weighted by molar-refractivity contribution is 6.01. The van der Waals surface area contributed by atoms with Crippen molar-refractivity contribution in [3.8, 4) is 0 Å². The average molecular weight is 499 g/mol. The molecule has 0 aliphatic heterocycles. The van der Waals surface area contributed by atoms with Gasteiger partial charge in [0.1, 0.15) is 17.3 Å². The molecule has 0 bridgehead atoms. The zero-order chi connectivity index (χ0) is 27.4. The molecule has 3 atom stereocenters. The van der Waals surface area contributed by atoms with Crippen LogP contribution >= 0.6 is 0 Å². The molecule has 0 heterocycles. The normalized spacial score (nSPS) is 16.6. The van der Waals surface area contributed by atoms with Crippen LogP contribution in [0.1, 0.15) is 127 Å². The fraction of sp³-hybridized carbons (Fsp3) is 0.688. The molecule has 0 amide bonds. The highest BCUT2D eigenvalue weighted by Crippen LogP contribution is 2.37. The van der Waals surface area contributed by atoms with E-state index in [1.807, 2.05) is 39.8 Å². The molecule has 36 heavy (non-hydrogen) atoms. The van der Waals surface area contributed by atoms with Crippen LogP contribution in [-0.2, 0) is 27.2 Å². The summed E-state index contributed by atoms with van der Waals surface area (Å²) in [5, 5.41) is 0. The van der Waals surface area contributed by atoms with Crippen molar-refractivity contribution in [2.75, 3.05) is 0 Å². The summed E-state index contributed by atoms with van der Waals surface area (Å²) in [6, 6.07) is 4.06. The number of fused-ring (bicyclic) bond motifs is 1. The van der Waals surface area contributed by atoms with Crippen molar-refractivity contribution in [1.29, 1.82) is 0 Å². The number of carbonyl (C=O) groups is 4. The van der Waals surface area contributed by atoms with Crippen molar-refractivity contribution >= 4 is 23.1 Å². The van der Waals surface area contributed by atoms with Crippen LogP contribution in [0.4, 0.5) is 0 Å². The molecule has 3 unspecified atom stereocenters. The van der Waals surface area contributed by atoms with Gasteiger partial charge in [0.25, 0.3) is 0 Å². The Kier molecular flexibility index (Phi) is 14.1. The highest BCUT2D eigenvalue weighted by atomic mass is 16.1. The van der Waals surface area contributed by atoms with E-state index in [9.17, 15) is 19.2 Å². The zero-order valence-corrected chi connectivity index (χ0v) is 24.2. The molecule has 1 aromatic carbocycles. The molecule has 202 valence electrons. The van der Waals surface area contributed by atoms with Crippen molar-refractivity contribution in [3.05, 3.63) is 34.4 Å². The Morgan fingerprint density at radius 1 is 1.03 bits per heavy atom. The van der Waals surface area contributed by atoms with Crippen molar-refractivity contribution in [2.24, 2.45) is 23.7 Å². The lowest BCUT2D eigenvalue weighted by Crippen LogP contribution is -2.30. The van der Waals surface area contributed by atoms with Crippen molar-refractivity contribution in [3.63, 3.8) is 0 Å². The van der Waals surface area contributed by atoms with Crippen LogP contribution in [0, 0.1) is 30.6 Å². The van der Waals surface area contributed by atoms with Crippen molar-refractivity contribution in [1.82, 2.24) is 0 Å². The average Bonchev–Trinajstić information content (AvgIpc) is 2.75. The van der Waals surface area contributed by atoms with E-state index in [4.69, 9.17) is 0 Å². The standard InChI is InChI=1S/C29H42O4.C3H8/c1-7-9-23(26(8-2)27(32)13-19(5)30)14-21-15-24-11-10-22(17-25(31)12-18(3)4)20(6)29(24)28(33)16-21;1-3-2/h10-11,18,21,23,26H,7-9,12-17H2,1-6H3;3H2,1-2H3. The molecule has 0 spiro atoms. The lowest BCUT2D eigenvalue weighted by Gasteiger charge is -2.32. The number of Topliss-reactive ketones (excluding diaryl/α,β-unsaturated/α-hetero) is 4. The molecule has 0 saturated heterocycles. The van der Waals surface area contributed by atoms with Gasteiger partial charge in [0.05, 0.1) is 6.42 Å². The summed E-state index contributed by atoms with van der Waals surface area (Å²) in [7, 11) is 0. The maximum absolute atomic E-state index is 13.2. The van der Waals surface area contributed by atoms with E-state index >= 15 is 0 Å². The van der Waals surface area contributed by atoms with Crippen LogP contribution < -0.4 is 0 Å². The maximum Gasteiger partial charge on any atom is 0.163 e. The van der Waals surface area contributed by atoms with Crippen LogP contribution in [0.5, 0.6) is 0 Å². The molecule has 0 aromatic heterocycles. The highest BCUT2D eigenvalue weighted by Gasteiger charge is 2.33. The first kappa shape index (κ1) is 31.9. The Morgan fingerprint density at radius 2 is 1.67 bits per heavy atom. The minimum Gasteiger partial charge on any atom is -0.300 e.